The summed E-state index contributed by atoms with van der Waals surface area (Å²) in [5.74, 6) is -0.112. The Hall–Kier alpha value is -3.18. The Bertz CT molecular complexity index is 1210. The van der Waals surface area contributed by atoms with Crippen molar-refractivity contribution in [1.29, 1.82) is 0 Å². The third-order valence-corrected chi connectivity index (χ3v) is 5.76. The first-order valence-corrected chi connectivity index (χ1v) is 10.1. The number of benzene rings is 2. The molecule has 1 amide bonds. The van der Waals surface area contributed by atoms with Crippen molar-refractivity contribution in [1.82, 2.24) is 20.2 Å². The molecule has 5 heteroatoms. The van der Waals surface area contributed by atoms with Crippen LogP contribution in [0.3, 0.4) is 0 Å². The van der Waals surface area contributed by atoms with Crippen LogP contribution in [0, 0.1) is 6.92 Å². The fourth-order valence-corrected chi connectivity index (χ4v) is 4.16. The van der Waals surface area contributed by atoms with Gasteiger partial charge in [-0.05, 0) is 36.6 Å². The average Bonchev–Trinajstić information content (AvgIpc) is 3.19. The molecule has 0 unspecified atom stereocenters. The number of fused-ring (bicyclic) bond motifs is 4. The summed E-state index contributed by atoms with van der Waals surface area (Å²) in [7, 11) is 0. The maximum atomic E-state index is 12.7. The first-order valence-electron chi connectivity index (χ1n) is 10.1. The molecule has 2 N–H and O–H groups in total. The van der Waals surface area contributed by atoms with Gasteiger partial charge in [0.1, 0.15) is 5.69 Å². The van der Waals surface area contributed by atoms with E-state index in [1.807, 2.05) is 25.1 Å². The lowest BCUT2D eigenvalue weighted by molar-refractivity contribution is 0.0943. The van der Waals surface area contributed by atoms with Crippen molar-refractivity contribution in [2.24, 2.45) is 0 Å². The second kappa shape index (κ2) is 7.33. The number of aromatic amines is 1. The number of hydrogen-bond acceptors (Lipinski definition) is 3. The van der Waals surface area contributed by atoms with E-state index in [0.29, 0.717) is 12.2 Å². The lowest BCUT2D eigenvalue weighted by Gasteiger charge is -2.28. The van der Waals surface area contributed by atoms with E-state index in [1.165, 1.54) is 11.1 Å². The van der Waals surface area contributed by atoms with Gasteiger partial charge in [-0.2, -0.15) is 0 Å². The predicted molar refractivity (Wildman–Crippen MR) is 116 cm³/mol. The molecule has 0 aliphatic carbocycles. The summed E-state index contributed by atoms with van der Waals surface area (Å²) in [5.41, 5.74) is 6.22. The van der Waals surface area contributed by atoms with Gasteiger partial charge in [-0.3, -0.25) is 9.69 Å². The third-order valence-electron chi connectivity index (χ3n) is 5.76. The summed E-state index contributed by atoms with van der Waals surface area (Å²) in [6, 6.07) is 18.7. The van der Waals surface area contributed by atoms with Crippen molar-refractivity contribution >= 4 is 27.7 Å². The molecule has 0 radical (unpaired) electrons. The number of nitrogens with one attached hydrogen (secondary N) is 2. The van der Waals surface area contributed by atoms with Crippen molar-refractivity contribution in [3.63, 3.8) is 0 Å². The molecule has 5 nitrogen and oxygen atoms in total. The summed E-state index contributed by atoms with van der Waals surface area (Å²) in [4.78, 5) is 23.0. The number of aromatic nitrogens is 2. The number of hydrogen-bond donors (Lipinski definition) is 2. The van der Waals surface area contributed by atoms with Crippen LogP contribution in [-0.2, 0) is 13.0 Å². The van der Waals surface area contributed by atoms with Gasteiger partial charge < -0.3 is 10.3 Å². The summed E-state index contributed by atoms with van der Waals surface area (Å²) >= 11 is 0. The normalized spacial score (nSPS) is 14.2. The maximum absolute atomic E-state index is 12.7. The van der Waals surface area contributed by atoms with Crippen LogP contribution in [0.4, 0.5) is 0 Å². The zero-order chi connectivity index (χ0) is 19.8. The van der Waals surface area contributed by atoms with Crippen LogP contribution in [0.1, 0.15) is 27.3 Å². The molecule has 0 spiro atoms. The minimum Gasteiger partial charge on any atom is -0.357 e. The number of carbonyl (C=O) groups is 1. The number of nitrogens with zero attached hydrogens (tertiary/aromatic N) is 2. The van der Waals surface area contributed by atoms with E-state index >= 15 is 0 Å². The summed E-state index contributed by atoms with van der Waals surface area (Å²) in [6.07, 6.45) is 1.07. The van der Waals surface area contributed by atoms with Crippen molar-refractivity contribution in [2.45, 2.75) is 19.9 Å². The van der Waals surface area contributed by atoms with Gasteiger partial charge in [0.15, 0.2) is 0 Å². The Morgan fingerprint density at radius 3 is 2.79 bits per heavy atom. The highest BCUT2D eigenvalue weighted by Gasteiger charge is 2.17. The largest absolute Gasteiger partial charge is 0.357 e. The van der Waals surface area contributed by atoms with Gasteiger partial charge in [-0.1, -0.05) is 42.5 Å². The SMILES string of the molecule is Cc1ccc2ccc3cc(C(=O)NCCN4CCc5ccccc5C4)nc3c2[nH]1. The Balaban J connectivity index is 1.26. The van der Waals surface area contributed by atoms with Gasteiger partial charge in [-0.15, -0.1) is 0 Å². The first-order chi connectivity index (χ1) is 14.2. The van der Waals surface area contributed by atoms with E-state index in [1.54, 1.807) is 0 Å². The first kappa shape index (κ1) is 17.9. The number of aryl methyl sites for hydroxylation is 1. The van der Waals surface area contributed by atoms with Gasteiger partial charge in [0.25, 0.3) is 5.91 Å². The molecule has 0 saturated heterocycles. The number of carbonyl (C=O) groups excluding carboxylic acids is 1. The van der Waals surface area contributed by atoms with Crippen LogP contribution >= 0.6 is 0 Å². The number of rotatable bonds is 4. The second-order valence-corrected chi connectivity index (χ2v) is 7.80. The summed E-state index contributed by atoms with van der Waals surface area (Å²) in [6.45, 7) is 5.47. The van der Waals surface area contributed by atoms with E-state index in [2.05, 4.69) is 56.6 Å². The quantitative estimate of drug-likeness (QED) is 0.562. The molecule has 5 rings (SSSR count). The fourth-order valence-electron chi connectivity index (χ4n) is 4.16. The standard InChI is InChI=1S/C24H24N4O/c1-16-6-7-18-8-9-19-14-21(27-23(19)22(18)26-16)24(29)25-11-13-28-12-10-17-4-2-3-5-20(17)15-28/h2-9,14,26H,10-13,15H2,1H3,(H,25,29). The Labute approximate surface area is 169 Å². The van der Waals surface area contributed by atoms with Gasteiger partial charge in [0, 0.05) is 42.6 Å². The molecular formula is C24H24N4O. The zero-order valence-corrected chi connectivity index (χ0v) is 16.5. The Morgan fingerprint density at radius 2 is 1.90 bits per heavy atom. The topological polar surface area (TPSA) is 61.0 Å². The second-order valence-electron chi connectivity index (χ2n) is 7.80. The third kappa shape index (κ3) is 3.49. The van der Waals surface area contributed by atoms with Crippen molar-refractivity contribution in [2.75, 3.05) is 19.6 Å². The molecule has 1 aliphatic rings. The van der Waals surface area contributed by atoms with Crippen molar-refractivity contribution < 1.29 is 4.79 Å². The van der Waals surface area contributed by atoms with E-state index in [-0.39, 0.29) is 5.91 Å². The molecule has 146 valence electrons. The van der Waals surface area contributed by atoms with Gasteiger partial charge in [-0.25, -0.2) is 4.98 Å². The number of amides is 1. The monoisotopic (exact) mass is 384 g/mol. The molecule has 0 bridgehead atoms. The Kier molecular flexibility index (Phi) is 4.52. The fraction of sp³-hybridized carbons (Fsp3) is 0.250. The lowest BCUT2D eigenvalue weighted by Crippen LogP contribution is -2.37. The molecule has 4 aromatic rings. The van der Waals surface area contributed by atoms with Gasteiger partial charge in [0.05, 0.1) is 11.0 Å². The zero-order valence-electron chi connectivity index (χ0n) is 16.5. The minimum atomic E-state index is -0.112. The van der Waals surface area contributed by atoms with E-state index in [9.17, 15) is 4.79 Å². The number of H-pyrrole nitrogens is 1. The van der Waals surface area contributed by atoms with E-state index in [4.69, 9.17) is 0 Å². The van der Waals surface area contributed by atoms with Crippen molar-refractivity contribution in [3.8, 4) is 0 Å². The smallest absolute Gasteiger partial charge is 0.269 e. The van der Waals surface area contributed by atoms with E-state index in [0.717, 1.165) is 53.6 Å². The molecule has 3 heterocycles. The predicted octanol–water partition coefficient (Wildman–Crippen LogP) is 3.81. The molecule has 1 aliphatic heterocycles. The summed E-state index contributed by atoms with van der Waals surface area (Å²) in [5, 5.41) is 5.12. The van der Waals surface area contributed by atoms with Gasteiger partial charge >= 0.3 is 0 Å². The number of pyridine rings is 1. The van der Waals surface area contributed by atoms with Crippen LogP contribution in [0.15, 0.2) is 54.6 Å². The molecule has 0 fully saturated rings. The van der Waals surface area contributed by atoms with Crippen LogP contribution in [0.25, 0.3) is 21.8 Å². The minimum absolute atomic E-state index is 0.112. The molecule has 0 saturated carbocycles. The van der Waals surface area contributed by atoms with Gasteiger partial charge in [0.2, 0.25) is 0 Å². The maximum Gasteiger partial charge on any atom is 0.269 e. The lowest BCUT2D eigenvalue weighted by atomic mass is 10.00. The molecule has 2 aromatic heterocycles. The van der Waals surface area contributed by atoms with Crippen LogP contribution < -0.4 is 5.32 Å². The summed E-state index contributed by atoms with van der Waals surface area (Å²) < 4.78 is 0. The highest BCUT2D eigenvalue weighted by atomic mass is 16.1. The van der Waals surface area contributed by atoms with Crippen molar-refractivity contribution in [3.05, 3.63) is 77.1 Å². The highest BCUT2D eigenvalue weighted by molar-refractivity contribution is 6.07. The average molecular weight is 384 g/mol. The Morgan fingerprint density at radius 1 is 1.10 bits per heavy atom. The molecule has 0 atom stereocenters. The highest BCUT2D eigenvalue weighted by Crippen LogP contribution is 2.24. The van der Waals surface area contributed by atoms with E-state index < -0.39 is 0 Å². The molecular weight excluding hydrogens is 360 g/mol. The molecule has 2 aromatic carbocycles. The van der Waals surface area contributed by atoms with Crippen LogP contribution in [-0.4, -0.2) is 40.4 Å². The molecule has 29 heavy (non-hydrogen) atoms. The van der Waals surface area contributed by atoms with Crippen LogP contribution in [0.5, 0.6) is 0 Å². The van der Waals surface area contributed by atoms with Crippen LogP contribution in [0.2, 0.25) is 0 Å².